The van der Waals surface area contributed by atoms with Crippen LogP contribution in [0.4, 0.5) is 0 Å². The molecule has 8 rings (SSSR count). The van der Waals surface area contributed by atoms with Crippen molar-refractivity contribution in [3.8, 4) is 33.8 Å². The summed E-state index contributed by atoms with van der Waals surface area (Å²) >= 11 is -2.77. The van der Waals surface area contributed by atoms with E-state index in [4.69, 9.17) is 9.47 Å². The molecular weight excluding hydrogens is 703 g/mol. The van der Waals surface area contributed by atoms with E-state index in [9.17, 15) is 0 Å². The van der Waals surface area contributed by atoms with Gasteiger partial charge in [-0.25, -0.2) is 0 Å². The summed E-state index contributed by atoms with van der Waals surface area (Å²) in [5.74, 6) is 3.10. The molecule has 1 saturated heterocycles. The summed E-state index contributed by atoms with van der Waals surface area (Å²) in [6.45, 7) is 9.73. The molecule has 4 aromatic rings. The first kappa shape index (κ1) is 38.0. The predicted octanol–water partition coefficient (Wildman–Crippen LogP) is 7.03. The maximum Gasteiger partial charge on any atom is -1.00 e. The summed E-state index contributed by atoms with van der Waals surface area (Å²) in [6, 6.07) is 32.0. The van der Waals surface area contributed by atoms with Crippen LogP contribution in [0.25, 0.3) is 34.4 Å². The quantitative estimate of drug-likeness (QED) is 0.162. The number of rotatable bonds is 10. The van der Waals surface area contributed by atoms with Crippen molar-refractivity contribution in [2.75, 3.05) is 14.2 Å². The van der Waals surface area contributed by atoms with Crippen molar-refractivity contribution in [1.29, 1.82) is 0 Å². The monoisotopic (exact) mass is 754 g/mol. The number of hydrogen-bond donors (Lipinski definition) is 0. The SMILES string of the molecule is COc1ccc(-c2cccc3c2C=C(CC(C)C)[CH]3[Ti+2]2([CH]3C(CC(C)C)=Cc4c(-c5ccc(OC)cc5)cccc43)[CH]3CCCC[CH]32)cc1.[Cl-].[Cl-]. The van der Waals surface area contributed by atoms with Crippen molar-refractivity contribution in [1.82, 2.24) is 0 Å². The largest absolute Gasteiger partial charge is 1.00 e. The second kappa shape index (κ2) is 15.3. The second-order valence-electron chi connectivity index (χ2n) is 16.1. The van der Waals surface area contributed by atoms with Gasteiger partial charge in [0.25, 0.3) is 0 Å². The van der Waals surface area contributed by atoms with Crippen molar-refractivity contribution in [2.24, 2.45) is 11.8 Å². The van der Waals surface area contributed by atoms with E-state index in [1.165, 1.54) is 71.9 Å². The van der Waals surface area contributed by atoms with Gasteiger partial charge in [0.1, 0.15) is 0 Å². The molecule has 0 spiro atoms. The molecule has 1 saturated carbocycles. The summed E-state index contributed by atoms with van der Waals surface area (Å²) in [5.41, 5.74) is 15.2. The number of hydrogen-bond acceptors (Lipinski definition) is 2. The fourth-order valence-electron chi connectivity index (χ4n) is 10.7. The van der Waals surface area contributed by atoms with Crippen LogP contribution in [0.15, 0.2) is 96.1 Å². The molecule has 4 atom stereocenters. The molecule has 4 unspecified atom stereocenters. The van der Waals surface area contributed by atoms with Gasteiger partial charge < -0.3 is 24.8 Å². The normalized spacial score (nSPS) is 22.8. The van der Waals surface area contributed by atoms with Gasteiger partial charge in [0.15, 0.2) is 0 Å². The van der Waals surface area contributed by atoms with Crippen LogP contribution in [-0.4, -0.2) is 14.2 Å². The molecule has 4 aromatic carbocycles. The van der Waals surface area contributed by atoms with Crippen LogP contribution >= 0.6 is 0 Å². The van der Waals surface area contributed by atoms with Crippen LogP contribution in [-0.2, 0) is 16.6 Å². The fourth-order valence-corrected chi connectivity index (χ4v) is 24.8. The van der Waals surface area contributed by atoms with Crippen LogP contribution < -0.4 is 34.3 Å². The van der Waals surface area contributed by atoms with Crippen molar-refractivity contribution >= 4 is 12.2 Å². The third-order valence-electron chi connectivity index (χ3n) is 12.3. The summed E-state index contributed by atoms with van der Waals surface area (Å²) in [6.07, 6.45) is 13.5. The Kier molecular flexibility index (Phi) is 11.4. The van der Waals surface area contributed by atoms with E-state index in [1.807, 2.05) is 0 Å². The first-order chi connectivity index (χ1) is 23.8. The maximum absolute atomic E-state index is 5.54. The summed E-state index contributed by atoms with van der Waals surface area (Å²) in [5, 5.41) is 0. The molecule has 0 amide bonds. The zero-order chi connectivity index (χ0) is 33.9. The van der Waals surface area contributed by atoms with Gasteiger partial charge in [0.05, 0.1) is 0 Å². The average molecular weight is 756 g/mol. The van der Waals surface area contributed by atoms with Crippen LogP contribution in [0, 0.1) is 11.8 Å². The van der Waals surface area contributed by atoms with Crippen LogP contribution in [0.3, 0.4) is 0 Å². The molecule has 0 aromatic heterocycles. The van der Waals surface area contributed by atoms with Gasteiger partial charge in [-0.05, 0) is 0 Å². The summed E-state index contributed by atoms with van der Waals surface area (Å²) < 4.78 is 14.2. The first-order valence-electron chi connectivity index (χ1n) is 18.8. The van der Waals surface area contributed by atoms with E-state index < -0.39 is 16.6 Å². The Morgan fingerprint density at radius 3 is 1.31 bits per heavy atom. The van der Waals surface area contributed by atoms with Crippen molar-refractivity contribution in [3.63, 3.8) is 0 Å². The Morgan fingerprint density at radius 1 is 0.569 bits per heavy atom. The van der Waals surface area contributed by atoms with Crippen LogP contribution in [0.5, 0.6) is 11.5 Å². The molecule has 2 fully saturated rings. The second-order valence-corrected chi connectivity index (χ2v) is 23.3. The summed E-state index contributed by atoms with van der Waals surface area (Å²) in [4.78, 5) is 0. The molecule has 266 valence electrons. The fraction of sp³-hybridized carbons (Fsp3) is 0.391. The van der Waals surface area contributed by atoms with E-state index >= 15 is 0 Å². The van der Waals surface area contributed by atoms with E-state index in [-0.39, 0.29) is 24.8 Å². The molecule has 3 aliphatic carbocycles. The average Bonchev–Trinajstić information content (AvgIpc) is 3.39. The molecule has 5 heteroatoms. The van der Waals surface area contributed by atoms with Gasteiger partial charge in [0.2, 0.25) is 0 Å². The summed E-state index contributed by atoms with van der Waals surface area (Å²) in [7, 11) is 3.51. The molecule has 0 N–H and O–H groups in total. The standard InChI is InChI=1S/2C20H21O.C6H10.2ClH.Ti/c2*1-14(2)11-15-12-17-5-4-6-19(20(17)13-15)16-7-9-18(21-3)10-8-16;1-2-4-6-5-3-1;;;/h2*4-10,12-14H,11H2,1-3H3;1-2H,3-6H2;2*1H;/q;;;;;+2/p-2. The number of halogens is 2. The molecule has 1 aliphatic heterocycles. The van der Waals surface area contributed by atoms with E-state index in [1.54, 1.807) is 36.5 Å². The minimum Gasteiger partial charge on any atom is -1.00 e. The molecule has 51 heavy (non-hydrogen) atoms. The smallest absolute Gasteiger partial charge is 1.00 e. The number of fused-ring (bicyclic) bond motifs is 3. The van der Waals surface area contributed by atoms with Crippen molar-refractivity contribution in [3.05, 3.63) is 118 Å². The van der Waals surface area contributed by atoms with Gasteiger partial charge in [0, 0.05) is 0 Å². The zero-order valence-electron chi connectivity index (χ0n) is 31.0. The number of methoxy groups -OCH3 is 2. The first-order valence-corrected chi connectivity index (χ1v) is 22.4. The molecular formula is C46H52Cl2O2Ti. The Balaban J connectivity index is 0.00000224. The van der Waals surface area contributed by atoms with E-state index in [0.717, 1.165) is 19.9 Å². The molecule has 0 radical (unpaired) electrons. The molecule has 1 heterocycles. The van der Waals surface area contributed by atoms with Crippen molar-refractivity contribution < 1.29 is 50.9 Å². The Hall–Kier alpha value is -2.75. The predicted molar refractivity (Wildman–Crippen MR) is 203 cm³/mol. The molecule has 2 nitrogen and oxygen atoms in total. The minimum absolute atomic E-state index is 0. The number of benzene rings is 4. The van der Waals surface area contributed by atoms with Crippen molar-refractivity contribution in [2.45, 2.75) is 83.1 Å². The molecule has 0 bridgehead atoms. The van der Waals surface area contributed by atoms with E-state index in [0.29, 0.717) is 20.3 Å². The zero-order valence-corrected chi connectivity index (χ0v) is 34.1. The van der Waals surface area contributed by atoms with E-state index in [2.05, 4.69) is 125 Å². The van der Waals surface area contributed by atoms with Gasteiger partial charge in [-0.2, -0.15) is 0 Å². The van der Waals surface area contributed by atoms with Gasteiger partial charge in [-0.1, -0.05) is 0 Å². The topological polar surface area (TPSA) is 18.5 Å². The number of allylic oxidation sites excluding steroid dienone is 2. The maximum atomic E-state index is 5.54. The Morgan fingerprint density at radius 2 is 0.961 bits per heavy atom. The number of ether oxygens (including phenoxy) is 2. The molecule has 4 aliphatic rings. The van der Waals surface area contributed by atoms with Crippen LogP contribution in [0.2, 0.25) is 8.45 Å². The third-order valence-corrected chi connectivity index (χ3v) is 23.2. The third kappa shape index (κ3) is 6.47. The Bertz CT molecular complexity index is 1780. The van der Waals surface area contributed by atoms with Gasteiger partial charge in [-0.3, -0.25) is 0 Å². The Labute approximate surface area is 322 Å². The van der Waals surface area contributed by atoms with Gasteiger partial charge >= 0.3 is 299 Å². The minimum atomic E-state index is -2.77. The van der Waals surface area contributed by atoms with Gasteiger partial charge in [-0.15, -0.1) is 0 Å². The van der Waals surface area contributed by atoms with Crippen LogP contribution in [0.1, 0.15) is 96.9 Å².